The summed E-state index contributed by atoms with van der Waals surface area (Å²) in [5, 5.41) is 0.830. The second kappa shape index (κ2) is 11.2. The highest BCUT2D eigenvalue weighted by Crippen LogP contribution is 2.37. The van der Waals surface area contributed by atoms with E-state index in [4.69, 9.17) is 0 Å². The van der Waals surface area contributed by atoms with Crippen LogP contribution in [0.2, 0.25) is 0 Å². The first-order chi connectivity index (χ1) is 20.2. The van der Waals surface area contributed by atoms with E-state index in [2.05, 4.69) is 4.98 Å². The van der Waals surface area contributed by atoms with Gasteiger partial charge in [-0.15, -0.1) is 0 Å². The Kier molecular flexibility index (Phi) is 7.80. The lowest BCUT2D eigenvalue weighted by atomic mass is 9.98. The molecule has 3 aromatic carbocycles. The van der Waals surface area contributed by atoms with Crippen LogP contribution in [0.4, 0.5) is 26.3 Å². The van der Waals surface area contributed by atoms with E-state index in [0.29, 0.717) is 23.3 Å². The fourth-order valence-electron chi connectivity index (χ4n) is 5.31. The lowest BCUT2D eigenvalue weighted by Crippen LogP contribution is -2.57. The number of aromatic amines is 1. The summed E-state index contributed by atoms with van der Waals surface area (Å²) in [6.45, 7) is 1.24. The van der Waals surface area contributed by atoms with Gasteiger partial charge in [0.15, 0.2) is 5.78 Å². The number of para-hydroxylation sites is 1. The van der Waals surface area contributed by atoms with Crippen LogP contribution in [-0.2, 0) is 18.8 Å². The molecule has 1 aliphatic rings. The fourth-order valence-corrected chi connectivity index (χ4v) is 5.31. The van der Waals surface area contributed by atoms with Crippen molar-refractivity contribution in [1.29, 1.82) is 0 Å². The van der Waals surface area contributed by atoms with Crippen LogP contribution in [0.1, 0.15) is 54.7 Å². The molecule has 1 aliphatic heterocycles. The molecule has 0 bridgehead atoms. The number of amides is 2. The summed E-state index contributed by atoms with van der Waals surface area (Å²) in [6.07, 6.45) is -8.32. The molecule has 43 heavy (non-hydrogen) atoms. The number of H-pyrrole nitrogens is 1. The maximum atomic E-state index is 13.7. The summed E-state index contributed by atoms with van der Waals surface area (Å²) in [5.74, 6) is -1.56. The summed E-state index contributed by atoms with van der Waals surface area (Å²) in [7, 11) is 0. The number of benzene rings is 3. The number of carbonyl (C=O) groups is 3. The fraction of sp³-hybridized carbons (Fsp3) is 0.258. The molecule has 1 fully saturated rings. The van der Waals surface area contributed by atoms with Crippen molar-refractivity contribution in [3.63, 3.8) is 0 Å². The third-order valence-corrected chi connectivity index (χ3v) is 7.53. The molecule has 1 aromatic heterocycles. The molecular weight excluding hydrogens is 576 g/mol. The molecule has 1 saturated heterocycles. The molecule has 2 amide bonds. The average molecular weight is 602 g/mol. The van der Waals surface area contributed by atoms with E-state index in [1.54, 1.807) is 6.20 Å². The van der Waals surface area contributed by atoms with Gasteiger partial charge < -0.3 is 14.8 Å². The third-order valence-electron chi connectivity index (χ3n) is 7.53. The zero-order valence-electron chi connectivity index (χ0n) is 22.7. The Morgan fingerprint density at radius 1 is 0.791 bits per heavy atom. The van der Waals surface area contributed by atoms with Gasteiger partial charge in [0, 0.05) is 53.4 Å². The topological polar surface area (TPSA) is 73.5 Å². The molecular formula is C31H25F6N3O3. The second-order valence-corrected chi connectivity index (χ2v) is 10.4. The van der Waals surface area contributed by atoms with E-state index in [1.807, 2.05) is 24.3 Å². The Morgan fingerprint density at radius 2 is 1.40 bits per heavy atom. The Hall–Kier alpha value is -4.61. The van der Waals surface area contributed by atoms with Crippen LogP contribution in [0.3, 0.4) is 0 Å². The number of piperazine rings is 1. The molecule has 224 valence electrons. The van der Waals surface area contributed by atoms with Crippen LogP contribution in [0, 0.1) is 0 Å². The zero-order chi connectivity index (χ0) is 31.1. The predicted octanol–water partition coefficient (Wildman–Crippen LogP) is 6.62. The van der Waals surface area contributed by atoms with E-state index in [1.165, 1.54) is 41.0 Å². The van der Waals surface area contributed by atoms with Crippen molar-refractivity contribution < 1.29 is 40.7 Å². The van der Waals surface area contributed by atoms with Crippen LogP contribution >= 0.6 is 0 Å². The molecule has 0 aliphatic carbocycles. The molecule has 2 heterocycles. The third kappa shape index (κ3) is 6.27. The molecule has 5 rings (SSSR count). The van der Waals surface area contributed by atoms with Crippen molar-refractivity contribution in [3.05, 3.63) is 106 Å². The summed E-state index contributed by atoms with van der Waals surface area (Å²) >= 11 is 0. The van der Waals surface area contributed by atoms with Gasteiger partial charge in [-0.05, 0) is 55.3 Å². The number of fused-ring (bicyclic) bond motifs is 1. The van der Waals surface area contributed by atoms with Gasteiger partial charge in [0.05, 0.1) is 17.2 Å². The molecule has 0 saturated carbocycles. The van der Waals surface area contributed by atoms with Gasteiger partial charge in [-0.1, -0.05) is 30.3 Å². The van der Waals surface area contributed by atoms with Crippen LogP contribution in [0.15, 0.2) is 72.9 Å². The van der Waals surface area contributed by atoms with Crippen molar-refractivity contribution in [2.75, 3.05) is 19.6 Å². The second-order valence-electron chi connectivity index (χ2n) is 10.4. The smallest absolute Gasteiger partial charge is 0.361 e. The predicted molar refractivity (Wildman–Crippen MR) is 146 cm³/mol. The number of alkyl halides is 6. The molecule has 4 aromatic rings. The molecule has 0 unspecified atom stereocenters. The van der Waals surface area contributed by atoms with Crippen molar-refractivity contribution in [3.8, 4) is 0 Å². The average Bonchev–Trinajstić information content (AvgIpc) is 3.38. The van der Waals surface area contributed by atoms with Gasteiger partial charge in [-0.2, -0.15) is 26.3 Å². The first-order valence-corrected chi connectivity index (χ1v) is 13.3. The normalized spacial score (nSPS) is 16.0. The number of rotatable bonds is 5. The first kappa shape index (κ1) is 29.9. The maximum Gasteiger partial charge on any atom is 0.416 e. The van der Waals surface area contributed by atoms with Crippen molar-refractivity contribution in [2.45, 2.75) is 31.7 Å². The molecule has 0 radical (unpaired) electrons. The van der Waals surface area contributed by atoms with Crippen molar-refractivity contribution >= 4 is 28.5 Å². The molecule has 6 nitrogen and oxygen atoms in total. The number of halogens is 6. The standard InChI is InChI=1S/C31H25F6N3O3/c1-18(41)19-6-8-20(9-7-19)28(42)39-10-11-40(25(17-39)14-22-16-38-27-5-3-2-4-26(22)27)29(43)21-12-23(30(32,33)34)15-24(13-21)31(35,36)37/h2-9,12-13,15-16,25,38H,10-11,14,17H2,1H3/t25-/m1/s1. The van der Waals surface area contributed by atoms with Gasteiger partial charge in [0.25, 0.3) is 11.8 Å². The van der Waals surface area contributed by atoms with Crippen molar-refractivity contribution in [1.82, 2.24) is 14.8 Å². The molecule has 1 atom stereocenters. The van der Waals surface area contributed by atoms with Crippen molar-refractivity contribution in [2.24, 2.45) is 0 Å². The Labute approximate surface area is 241 Å². The number of aromatic nitrogens is 1. The van der Waals surface area contributed by atoms with Gasteiger partial charge in [-0.3, -0.25) is 14.4 Å². The van der Waals surface area contributed by atoms with Crippen LogP contribution in [-0.4, -0.2) is 58.1 Å². The zero-order valence-corrected chi connectivity index (χ0v) is 22.7. The lowest BCUT2D eigenvalue weighted by molar-refractivity contribution is -0.143. The summed E-state index contributed by atoms with van der Waals surface area (Å²) in [4.78, 5) is 44.5. The molecule has 1 N–H and O–H groups in total. The Morgan fingerprint density at radius 3 is 2.00 bits per heavy atom. The number of nitrogens with zero attached hydrogens (tertiary/aromatic N) is 2. The molecule has 12 heteroatoms. The number of hydrogen-bond acceptors (Lipinski definition) is 3. The van der Waals surface area contributed by atoms with Crippen LogP contribution < -0.4 is 0 Å². The summed E-state index contributed by atoms with van der Waals surface area (Å²) in [6, 6.07) is 13.4. The number of carbonyl (C=O) groups excluding carboxylic acids is 3. The largest absolute Gasteiger partial charge is 0.416 e. The number of Topliss-reactive ketones (excluding diaryl/α,β-unsaturated/α-hetero) is 1. The van der Waals surface area contributed by atoms with Crippen LogP contribution in [0.25, 0.3) is 10.9 Å². The van der Waals surface area contributed by atoms with Gasteiger partial charge in [-0.25, -0.2) is 0 Å². The Bertz CT molecular complexity index is 1660. The van der Waals surface area contributed by atoms with E-state index in [0.717, 1.165) is 16.5 Å². The van der Waals surface area contributed by atoms with Gasteiger partial charge in [0.2, 0.25) is 0 Å². The number of ketones is 1. The quantitative estimate of drug-likeness (QED) is 0.207. The van der Waals surface area contributed by atoms with E-state index < -0.39 is 41.0 Å². The minimum Gasteiger partial charge on any atom is -0.361 e. The first-order valence-electron chi connectivity index (χ1n) is 13.3. The van der Waals surface area contributed by atoms with Gasteiger partial charge in [0.1, 0.15) is 0 Å². The number of hydrogen-bond donors (Lipinski definition) is 1. The van der Waals surface area contributed by atoms with E-state index in [9.17, 15) is 40.7 Å². The highest BCUT2D eigenvalue weighted by molar-refractivity contribution is 5.98. The van der Waals surface area contributed by atoms with E-state index in [-0.39, 0.29) is 43.8 Å². The maximum absolute atomic E-state index is 13.7. The number of nitrogens with one attached hydrogen (secondary N) is 1. The monoisotopic (exact) mass is 601 g/mol. The lowest BCUT2D eigenvalue weighted by Gasteiger charge is -2.42. The summed E-state index contributed by atoms with van der Waals surface area (Å²) in [5.41, 5.74) is -1.63. The molecule has 0 spiro atoms. The highest BCUT2D eigenvalue weighted by atomic mass is 19.4. The van der Waals surface area contributed by atoms with Crippen LogP contribution in [0.5, 0.6) is 0 Å². The minimum atomic E-state index is -5.11. The van der Waals surface area contributed by atoms with Gasteiger partial charge >= 0.3 is 12.4 Å². The Balaban J connectivity index is 1.49. The van der Waals surface area contributed by atoms with E-state index >= 15 is 0 Å². The minimum absolute atomic E-state index is 0.00545. The highest BCUT2D eigenvalue weighted by Gasteiger charge is 2.39. The summed E-state index contributed by atoms with van der Waals surface area (Å²) < 4.78 is 81.2. The SMILES string of the molecule is CC(=O)c1ccc(C(=O)N2CCN(C(=O)c3cc(C(F)(F)F)cc(C(F)(F)F)c3)[C@H](Cc3c[nH]c4ccccc34)C2)cc1.